The molecule has 3 aromatic rings. The molecule has 0 spiro atoms. The van der Waals surface area contributed by atoms with E-state index in [-0.39, 0.29) is 5.56 Å². The number of hydrogen-bond acceptors (Lipinski definition) is 5. The number of benzene rings is 1. The first-order valence-corrected chi connectivity index (χ1v) is 6.62. The summed E-state index contributed by atoms with van der Waals surface area (Å²) in [7, 11) is 0. The van der Waals surface area contributed by atoms with Gasteiger partial charge in [-0.2, -0.15) is 0 Å². The van der Waals surface area contributed by atoms with Crippen LogP contribution in [-0.2, 0) is 13.0 Å². The standard InChI is InChI=1S/C12H10N4O2S/c17-12(18)8-1-2-11-10(5-8)14-15-16(11)4-3-9-6-19-7-13-9/h1-2,5-7H,3-4H2,(H,17,18). The zero-order valence-electron chi connectivity index (χ0n) is 9.85. The number of rotatable bonds is 4. The third kappa shape index (κ3) is 2.32. The fourth-order valence-electron chi connectivity index (χ4n) is 1.85. The number of nitrogens with zero attached hydrogens (tertiary/aromatic N) is 4. The van der Waals surface area contributed by atoms with Crippen molar-refractivity contribution in [3.63, 3.8) is 0 Å². The second-order valence-electron chi connectivity index (χ2n) is 4.05. The minimum Gasteiger partial charge on any atom is -0.478 e. The molecule has 1 N–H and O–H groups in total. The second-order valence-corrected chi connectivity index (χ2v) is 4.77. The van der Waals surface area contributed by atoms with Crippen molar-refractivity contribution in [2.75, 3.05) is 0 Å². The van der Waals surface area contributed by atoms with Crippen LogP contribution < -0.4 is 0 Å². The lowest BCUT2D eigenvalue weighted by atomic mass is 10.2. The van der Waals surface area contributed by atoms with Gasteiger partial charge < -0.3 is 5.11 Å². The fraction of sp³-hybridized carbons (Fsp3) is 0.167. The zero-order chi connectivity index (χ0) is 13.2. The van der Waals surface area contributed by atoms with Gasteiger partial charge in [0.05, 0.1) is 22.3 Å². The molecule has 6 nitrogen and oxygen atoms in total. The summed E-state index contributed by atoms with van der Waals surface area (Å²) in [5, 5.41) is 19.0. The Hall–Kier alpha value is -2.28. The normalized spacial score (nSPS) is 10.9. The Bertz CT molecular complexity index is 720. The van der Waals surface area contributed by atoms with Crippen molar-refractivity contribution >= 4 is 28.3 Å². The number of carboxylic acid groups (broad SMARTS) is 1. The quantitative estimate of drug-likeness (QED) is 0.785. The Balaban J connectivity index is 1.86. The number of aryl methyl sites for hydroxylation is 2. The highest BCUT2D eigenvalue weighted by molar-refractivity contribution is 7.07. The molecule has 2 aromatic heterocycles. The van der Waals surface area contributed by atoms with E-state index in [4.69, 9.17) is 5.11 Å². The van der Waals surface area contributed by atoms with Crippen LogP contribution in [0.3, 0.4) is 0 Å². The maximum absolute atomic E-state index is 10.9. The zero-order valence-corrected chi connectivity index (χ0v) is 10.7. The summed E-state index contributed by atoms with van der Waals surface area (Å²) < 4.78 is 1.76. The minimum absolute atomic E-state index is 0.221. The molecule has 0 fully saturated rings. The number of thiazole rings is 1. The average Bonchev–Trinajstić information content (AvgIpc) is 3.05. The van der Waals surface area contributed by atoms with Crippen LogP contribution in [0, 0.1) is 0 Å². The maximum atomic E-state index is 10.9. The summed E-state index contributed by atoms with van der Waals surface area (Å²) in [4.78, 5) is 15.1. The molecule has 7 heteroatoms. The third-order valence-corrected chi connectivity index (χ3v) is 3.46. The Kier molecular flexibility index (Phi) is 2.96. The Labute approximate surface area is 112 Å². The largest absolute Gasteiger partial charge is 0.478 e. The van der Waals surface area contributed by atoms with Gasteiger partial charge in [0.2, 0.25) is 0 Å². The van der Waals surface area contributed by atoms with Gasteiger partial charge in [-0.1, -0.05) is 5.21 Å². The van der Waals surface area contributed by atoms with Crippen molar-refractivity contribution in [2.24, 2.45) is 0 Å². The molecule has 96 valence electrons. The molecule has 1 aromatic carbocycles. The van der Waals surface area contributed by atoms with Crippen LogP contribution in [0.2, 0.25) is 0 Å². The van der Waals surface area contributed by atoms with Gasteiger partial charge in [0.15, 0.2) is 0 Å². The summed E-state index contributed by atoms with van der Waals surface area (Å²) in [5.74, 6) is -0.959. The number of carbonyl (C=O) groups is 1. The highest BCUT2D eigenvalue weighted by Crippen LogP contribution is 2.14. The van der Waals surface area contributed by atoms with Crippen molar-refractivity contribution in [3.05, 3.63) is 40.3 Å². The van der Waals surface area contributed by atoms with E-state index in [1.54, 1.807) is 33.7 Å². The first-order chi connectivity index (χ1) is 9.24. The number of aromatic carboxylic acids is 1. The predicted molar refractivity (Wildman–Crippen MR) is 70.3 cm³/mol. The summed E-state index contributed by atoms with van der Waals surface area (Å²) >= 11 is 1.56. The monoisotopic (exact) mass is 274 g/mol. The fourth-order valence-corrected chi connectivity index (χ4v) is 2.44. The van der Waals surface area contributed by atoms with Crippen LogP contribution in [0.1, 0.15) is 16.1 Å². The summed E-state index contributed by atoms with van der Waals surface area (Å²) in [6.07, 6.45) is 0.780. The van der Waals surface area contributed by atoms with E-state index in [1.807, 2.05) is 5.38 Å². The molecule has 0 aliphatic carbocycles. The van der Waals surface area contributed by atoms with Crippen LogP contribution >= 0.6 is 11.3 Å². The average molecular weight is 274 g/mol. The molecule has 0 radical (unpaired) electrons. The van der Waals surface area contributed by atoms with E-state index < -0.39 is 5.97 Å². The van der Waals surface area contributed by atoms with Gasteiger partial charge in [-0.25, -0.2) is 14.5 Å². The second kappa shape index (κ2) is 4.77. The van der Waals surface area contributed by atoms with Crippen LogP contribution in [0.25, 0.3) is 11.0 Å². The van der Waals surface area contributed by atoms with Gasteiger partial charge in [-0.05, 0) is 18.2 Å². The molecule has 0 unspecified atom stereocenters. The van der Waals surface area contributed by atoms with Gasteiger partial charge >= 0.3 is 5.97 Å². The van der Waals surface area contributed by atoms with E-state index in [0.29, 0.717) is 12.1 Å². The lowest BCUT2D eigenvalue weighted by Gasteiger charge is -2.00. The lowest BCUT2D eigenvalue weighted by Crippen LogP contribution is -2.03. The van der Waals surface area contributed by atoms with E-state index in [9.17, 15) is 4.79 Å². The topological polar surface area (TPSA) is 80.9 Å². The lowest BCUT2D eigenvalue weighted by molar-refractivity contribution is 0.0697. The van der Waals surface area contributed by atoms with Crippen molar-refractivity contribution < 1.29 is 9.90 Å². The molecule has 19 heavy (non-hydrogen) atoms. The predicted octanol–water partition coefficient (Wildman–Crippen LogP) is 1.83. The van der Waals surface area contributed by atoms with Crippen molar-refractivity contribution in [1.82, 2.24) is 20.0 Å². The smallest absolute Gasteiger partial charge is 0.335 e. The van der Waals surface area contributed by atoms with Gasteiger partial charge in [-0.3, -0.25) is 0 Å². The van der Waals surface area contributed by atoms with E-state index >= 15 is 0 Å². The van der Waals surface area contributed by atoms with Crippen LogP contribution in [0.4, 0.5) is 0 Å². The molecular formula is C12H10N4O2S. The Morgan fingerprint density at radius 3 is 3.05 bits per heavy atom. The van der Waals surface area contributed by atoms with Crippen LogP contribution in [-0.4, -0.2) is 31.1 Å². The van der Waals surface area contributed by atoms with Crippen molar-refractivity contribution in [3.8, 4) is 0 Å². The number of aromatic nitrogens is 4. The van der Waals surface area contributed by atoms with Crippen molar-refractivity contribution in [1.29, 1.82) is 0 Å². The van der Waals surface area contributed by atoms with E-state index in [2.05, 4.69) is 15.3 Å². The maximum Gasteiger partial charge on any atom is 0.335 e. The number of hydrogen-bond donors (Lipinski definition) is 1. The number of fused-ring (bicyclic) bond motifs is 1. The summed E-state index contributed by atoms with van der Waals surface area (Å²) in [6, 6.07) is 4.83. The molecule has 0 amide bonds. The van der Waals surface area contributed by atoms with Gasteiger partial charge in [0.1, 0.15) is 5.52 Å². The minimum atomic E-state index is -0.959. The molecule has 2 heterocycles. The molecule has 3 rings (SSSR count). The Morgan fingerprint density at radius 2 is 2.32 bits per heavy atom. The summed E-state index contributed by atoms with van der Waals surface area (Å²) in [6.45, 7) is 0.673. The first-order valence-electron chi connectivity index (χ1n) is 5.67. The first kappa shape index (κ1) is 11.8. The molecule has 0 atom stereocenters. The van der Waals surface area contributed by atoms with Gasteiger partial charge in [0.25, 0.3) is 0 Å². The Morgan fingerprint density at radius 1 is 1.42 bits per heavy atom. The third-order valence-electron chi connectivity index (χ3n) is 2.82. The molecule has 0 aliphatic rings. The number of carboxylic acids is 1. The highest BCUT2D eigenvalue weighted by atomic mass is 32.1. The van der Waals surface area contributed by atoms with Crippen LogP contribution in [0.5, 0.6) is 0 Å². The van der Waals surface area contributed by atoms with Gasteiger partial charge in [0, 0.05) is 18.3 Å². The summed E-state index contributed by atoms with van der Waals surface area (Å²) in [5.41, 5.74) is 4.47. The molecule has 0 saturated carbocycles. The van der Waals surface area contributed by atoms with E-state index in [1.165, 1.54) is 6.07 Å². The van der Waals surface area contributed by atoms with Gasteiger partial charge in [-0.15, -0.1) is 16.4 Å². The molecule has 0 saturated heterocycles. The SMILES string of the molecule is O=C(O)c1ccc2c(c1)nnn2CCc1cscn1. The molecule has 0 bridgehead atoms. The van der Waals surface area contributed by atoms with Crippen molar-refractivity contribution in [2.45, 2.75) is 13.0 Å². The van der Waals surface area contributed by atoms with E-state index in [0.717, 1.165) is 17.6 Å². The van der Waals surface area contributed by atoms with Crippen LogP contribution in [0.15, 0.2) is 29.1 Å². The highest BCUT2D eigenvalue weighted by Gasteiger charge is 2.09. The molecular weight excluding hydrogens is 264 g/mol. The molecule has 0 aliphatic heterocycles.